The van der Waals surface area contributed by atoms with Crippen LogP contribution in [0, 0.1) is 0 Å². The van der Waals surface area contributed by atoms with Gasteiger partial charge in [0.1, 0.15) is 0 Å². The van der Waals surface area contributed by atoms with E-state index in [-0.39, 0.29) is 22.7 Å². The first-order valence-corrected chi connectivity index (χ1v) is 10.9. The monoisotopic (exact) mass is 421 g/mol. The van der Waals surface area contributed by atoms with Crippen molar-refractivity contribution >= 4 is 32.5 Å². The molecule has 1 N–H and O–H groups in total. The highest BCUT2D eigenvalue weighted by molar-refractivity contribution is 7.92. The van der Waals surface area contributed by atoms with Gasteiger partial charge in [-0.15, -0.1) is 5.10 Å². The Bertz CT molecular complexity index is 1320. The van der Waals surface area contributed by atoms with E-state index in [0.29, 0.717) is 11.1 Å². The Labute approximate surface area is 173 Å². The normalized spacial score (nSPS) is 11.7. The molecule has 0 saturated carbocycles. The fraction of sp³-hybridized carbons (Fsp3) is 0.136. The molecule has 0 aliphatic heterocycles. The molecule has 0 atom stereocenters. The van der Waals surface area contributed by atoms with Crippen molar-refractivity contribution in [2.75, 3.05) is 5.32 Å². The van der Waals surface area contributed by atoms with Crippen molar-refractivity contribution in [2.45, 2.75) is 24.0 Å². The minimum Gasteiger partial charge on any atom is -0.403 e. The molecule has 1 aromatic heterocycles. The van der Waals surface area contributed by atoms with E-state index in [1.807, 2.05) is 36.4 Å². The van der Waals surface area contributed by atoms with Crippen LogP contribution in [0.2, 0.25) is 0 Å². The molecule has 0 aliphatic carbocycles. The summed E-state index contributed by atoms with van der Waals surface area (Å²) in [6.45, 7) is 3.26. The van der Waals surface area contributed by atoms with Crippen molar-refractivity contribution < 1.29 is 17.6 Å². The fourth-order valence-electron chi connectivity index (χ4n) is 3.04. The molecule has 30 heavy (non-hydrogen) atoms. The third-order valence-corrected chi connectivity index (χ3v) is 6.90. The zero-order chi connectivity index (χ0) is 21.3. The SMILES string of the molecule is CC(C)S(=O)(=O)c1ccc(-c2nnc(NC(=O)c3cccc4ccccc34)o2)cc1. The number of aromatic nitrogens is 2. The fourth-order valence-corrected chi connectivity index (χ4v) is 4.10. The number of carbonyl (C=O) groups excluding carboxylic acids is 1. The van der Waals surface area contributed by atoms with Crippen LogP contribution in [0.5, 0.6) is 0 Å². The van der Waals surface area contributed by atoms with Crippen LogP contribution in [-0.4, -0.2) is 29.8 Å². The molecule has 0 unspecified atom stereocenters. The van der Waals surface area contributed by atoms with Gasteiger partial charge in [0.2, 0.25) is 5.89 Å². The number of nitrogens with zero attached hydrogens (tertiary/aromatic N) is 2. The first kappa shape index (κ1) is 19.8. The molecule has 152 valence electrons. The highest BCUT2D eigenvalue weighted by atomic mass is 32.2. The minimum absolute atomic E-state index is 0.0400. The van der Waals surface area contributed by atoms with Gasteiger partial charge in [0, 0.05) is 11.1 Å². The highest BCUT2D eigenvalue weighted by Crippen LogP contribution is 2.24. The maximum atomic E-state index is 12.7. The summed E-state index contributed by atoms with van der Waals surface area (Å²) in [6.07, 6.45) is 0. The van der Waals surface area contributed by atoms with Crippen LogP contribution in [0.3, 0.4) is 0 Å². The maximum Gasteiger partial charge on any atom is 0.322 e. The Morgan fingerprint density at radius 2 is 1.63 bits per heavy atom. The van der Waals surface area contributed by atoms with Gasteiger partial charge in [-0.1, -0.05) is 41.5 Å². The molecule has 0 fully saturated rings. The summed E-state index contributed by atoms with van der Waals surface area (Å²) < 4.78 is 30.0. The lowest BCUT2D eigenvalue weighted by molar-refractivity contribution is 0.102. The van der Waals surface area contributed by atoms with E-state index in [1.165, 1.54) is 12.1 Å². The van der Waals surface area contributed by atoms with E-state index in [1.54, 1.807) is 32.0 Å². The molecule has 0 radical (unpaired) electrons. The van der Waals surface area contributed by atoms with Crippen molar-refractivity contribution in [3.63, 3.8) is 0 Å². The third kappa shape index (κ3) is 3.69. The molecule has 0 spiro atoms. The molecule has 0 saturated heterocycles. The summed E-state index contributed by atoms with van der Waals surface area (Å²) in [5.41, 5.74) is 1.05. The number of rotatable bonds is 5. The van der Waals surface area contributed by atoms with Crippen LogP contribution in [-0.2, 0) is 9.84 Å². The molecule has 8 heteroatoms. The number of anilines is 1. The van der Waals surface area contributed by atoms with Crippen molar-refractivity contribution in [1.82, 2.24) is 10.2 Å². The molecule has 4 rings (SSSR count). The van der Waals surface area contributed by atoms with E-state index in [9.17, 15) is 13.2 Å². The maximum absolute atomic E-state index is 12.7. The number of fused-ring (bicyclic) bond motifs is 1. The van der Waals surface area contributed by atoms with Crippen molar-refractivity contribution in [1.29, 1.82) is 0 Å². The van der Waals surface area contributed by atoms with Gasteiger partial charge in [-0.3, -0.25) is 10.1 Å². The van der Waals surface area contributed by atoms with Gasteiger partial charge >= 0.3 is 6.01 Å². The summed E-state index contributed by atoms with van der Waals surface area (Å²) in [7, 11) is -3.36. The Hall–Kier alpha value is -3.52. The molecular weight excluding hydrogens is 402 g/mol. The summed E-state index contributed by atoms with van der Waals surface area (Å²) in [5, 5.41) is 11.7. The number of nitrogens with one attached hydrogen (secondary N) is 1. The molecule has 0 aliphatic rings. The van der Waals surface area contributed by atoms with E-state index >= 15 is 0 Å². The standard InChI is InChI=1S/C22H19N3O4S/c1-14(2)30(27,28)17-12-10-16(11-13-17)21-24-25-22(29-21)23-20(26)19-9-5-7-15-6-3-4-8-18(15)19/h3-14H,1-2H3,(H,23,25,26). The van der Waals surface area contributed by atoms with Gasteiger partial charge in [0.15, 0.2) is 9.84 Å². The van der Waals surface area contributed by atoms with Crippen LogP contribution >= 0.6 is 0 Å². The van der Waals surface area contributed by atoms with Crippen LogP contribution < -0.4 is 5.32 Å². The van der Waals surface area contributed by atoms with Crippen LogP contribution in [0.1, 0.15) is 24.2 Å². The van der Waals surface area contributed by atoms with E-state index in [4.69, 9.17) is 4.42 Å². The summed E-state index contributed by atoms with van der Waals surface area (Å²) in [6, 6.07) is 19.2. The number of sulfone groups is 1. The first-order chi connectivity index (χ1) is 14.4. The Morgan fingerprint density at radius 3 is 2.37 bits per heavy atom. The number of benzene rings is 3. The van der Waals surface area contributed by atoms with Gasteiger partial charge in [0.05, 0.1) is 10.1 Å². The van der Waals surface area contributed by atoms with Crippen LogP contribution in [0.15, 0.2) is 76.0 Å². The van der Waals surface area contributed by atoms with Gasteiger partial charge < -0.3 is 4.42 Å². The molecule has 7 nitrogen and oxygen atoms in total. The second-order valence-electron chi connectivity index (χ2n) is 7.01. The first-order valence-electron chi connectivity index (χ1n) is 9.33. The lowest BCUT2D eigenvalue weighted by Gasteiger charge is -2.07. The predicted octanol–water partition coefficient (Wildman–Crippen LogP) is 4.32. The topological polar surface area (TPSA) is 102 Å². The smallest absolute Gasteiger partial charge is 0.322 e. The predicted molar refractivity (Wildman–Crippen MR) is 114 cm³/mol. The molecule has 0 bridgehead atoms. The van der Waals surface area contributed by atoms with Crippen molar-refractivity contribution in [2.24, 2.45) is 0 Å². The van der Waals surface area contributed by atoms with Crippen LogP contribution in [0.25, 0.3) is 22.2 Å². The average Bonchev–Trinajstić information content (AvgIpc) is 3.21. The lowest BCUT2D eigenvalue weighted by atomic mass is 10.0. The zero-order valence-electron chi connectivity index (χ0n) is 16.4. The quantitative estimate of drug-likeness (QED) is 0.515. The Kier molecular flexibility index (Phi) is 5.09. The lowest BCUT2D eigenvalue weighted by Crippen LogP contribution is -2.13. The minimum atomic E-state index is -3.36. The molecule has 3 aromatic carbocycles. The van der Waals surface area contributed by atoms with Gasteiger partial charge in [0.25, 0.3) is 5.91 Å². The number of hydrogen-bond donors (Lipinski definition) is 1. The second kappa shape index (κ2) is 7.72. The number of amides is 1. The molecular formula is C22H19N3O4S. The van der Waals surface area contributed by atoms with E-state index < -0.39 is 15.1 Å². The highest BCUT2D eigenvalue weighted by Gasteiger charge is 2.20. The van der Waals surface area contributed by atoms with Gasteiger partial charge in [-0.25, -0.2) is 8.42 Å². The Balaban J connectivity index is 1.55. The number of carbonyl (C=O) groups is 1. The Morgan fingerprint density at radius 1 is 0.933 bits per heavy atom. The van der Waals surface area contributed by atoms with Crippen LogP contribution in [0.4, 0.5) is 6.01 Å². The summed E-state index contributed by atoms with van der Waals surface area (Å²) in [4.78, 5) is 12.9. The zero-order valence-corrected chi connectivity index (χ0v) is 17.2. The summed E-state index contributed by atoms with van der Waals surface area (Å²) >= 11 is 0. The largest absolute Gasteiger partial charge is 0.403 e. The van der Waals surface area contributed by atoms with Crippen molar-refractivity contribution in [3.05, 3.63) is 72.3 Å². The van der Waals surface area contributed by atoms with Gasteiger partial charge in [-0.05, 0) is 55.0 Å². The van der Waals surface area contributed by atoms with E-state index in [0.717, 1.165) is 10.8 Å². The second-order valence-corrected chi connectivity index (χ2v) is 9.52. The molecule has 4 aromatic rings. The third-order valence-electron chi connectivity index (χ3n) is 4.73. The molecule has 1 amide bonds. The average molecular weight is 421 g/mol. The van der Waals surface area contributed by atoms with Crippen molar-refractivity contribution in [3.8, 4) is 11.5 Å². The number of hydrogen-bond acceptors (Lipinski definition) is 6. The molecule has 1 heterocycles. The summed E-state index contributed by atoms with van der Waals surface area (Å²) in [5.74, 6) is -0.183. The van der Waals surface area contributed by atoms with E-state index in [2.05, 4.69) is 15.5 Å². The van der Waals surface area contributed by atoms with Gasteiger partial charge in [-0.2, -0.15) is 0 Å².